The number of tetrazole rings is 1. The molecule has 0 atom stereocenters. The van der Waals surface area contributed by atoms with E-state index in [0.717, 1.165) is 5.56 Å². The molecule has 0 unspecified atom stereocenters. The highest BCUT2D eigenvalue weighted by molar-refractivity contribution is 6.42. The zero-order chi connectivity index (χ0) is 13.8. The number of carboxylic acids is 1. The van der Waals surface area contributed by atoms with Crippen LogP contribution in [-0.2, 0) is 17.8 Å². The molecular weight excluding hydrogens is 291 g/mol. The summed E-state index contributed by atoms with van der Waals surface area (Å²) in [5.41, 5.74) is 0.903. The summed E-state index contributed by atoms with van der Waals surface area (Å²) in [6, 6.07) is 5.26. The maximum absolute atomic E-state index is 10.5. The number of benzene rings is 1. The zero-order valence-corrected chi connectivity index (χ0v) is 11.3. The molecule has 2 aromatic rings. The molecule has 2 rings (SSSR count). The van der Waals surface area contributed by atoms with Crippen LogP contribution < -0.4 is 0 Å². The lowest BCUT2D eigenvalue weighted by Gasteiger charge is -2.04. The average Bonchev–Trinajstić information content (AvgIpc) is 2.79. The lowest BCUT2D eigenvalue weighted by Crippen LogP contribution is -2.10. The van der Waals surface area contributed by atoms with E-state index >= 15 is 0 Å². The maximum atomic E-state index is 10.5. The van der Waals surface area contributed by atoms with Crippen molar-refractivity contribution in [3.05, 3.63) is 39.6 Å². The Kier molecular flexibility index (Phi) is 4.34. The van der Waals surface area contributed by atoms with Gasteiger partial charge in [0.05, 0.1) is 23.0 Å². The molecule has 0 amide bonds. The molecule has 19 heavy (non-hydrogen) atoms. The van der Waals surface area contributed by atoms with E-state index < -0.39 is 5.97 Å². The van der Waals surface area contributed by atoms with Gasteiger partial charge in [-0.15, -0.1) is 5.10 Å². The second-order valence-electron chi connectivity index (χ2n) is 3.89. The largest absolute Gasteiger partial charge is 0.481 e. The minimum absolute atomic E-state index is 0.0284. The summed E-state index contributed by atoms with van der Waals surface area (Å²) in [4.78, 5) is 10.5. The number of aromatic nitrogens is 4. The van der Waals surface area contributed by atoms with Gasteiger partial charge in [0.1, 0.15) is 0 Å². The first-order valence-corrected chi connectivity index (χ1v) is 6.22. The average molecular weight is 301 g/mol. The van der Waals surface area contributed by atoms with Crippen molar-refractivity contribution in [2.75, 3.05) is 0 Å². The second kappa shape index (κ2) is 5.99. The molecule has 0 saturated heterocycles. The number of nitrogens with zero attached hydrogens (tertiary/aromatic N) is 4. The first kappa shape index (κ1) is 13.8. The van der Waals surface area contributed by atoms with E-state index in [0.29, 0.717) is 22.3 Å². The van der Waals surface area contributed by atoms with Gasteiger partial charge in [0.25, 0.3) is 0 Å². The Balaban J connectivity index is 2.12. The molecule has 0 aliphatic rings. The fourth-order valence-corrected chi connectivity index (χ4v) is 1.88. The number of carboxylic acid groups (broad SMARTS) is 1. The number of hydrogen-bond acceptors (Lipinski definition) is 4. The highest BCUT2D eigenvalue weighted by atomic mass is 35.5. The molecule has 0 aliphatic heterocycles. The van der Waals surface area contributed by atoms with E-state index in [4.69, 9.17) is 28.3 Å². The van der Waals surface area contributed by atoms with Crippen LogP contribution in [0.2, 0.25) is 10.0 Å². The van der Waals surface area contributed by atoms with Crippen LogP contribution in [0.3, 0.4) is 0 Å². The van der Waals surface area contributed by atoms with Crippen LogP contribution in [-0.4, -0.2) is 31.3 Å². The van der Waals surface area contributed by atoms with E-state index in [9.17, 15) is 4.79 Å². The van der Waals surface area contributed by atoms with Crippen LogP contribution in [0.25, 0.3) is 0 Å². The van der Waals surface area contributed by atoms with Crippen LogP contribution in [0.15, 0.2) is 18.2 Å². The quantitative estimate of drug-likeness (QED) is 0.914. The van der Waals surface area contributed by atoms with E-state index in [-0.39, 0.29) is 13.0 Å². The Morgan fingerprint density at radius 3 is 2.79 bits per heavy atom. The minimum Gasteiger partial charge on any atom is -0.481 e. The van der Waals surface area contributed by atoms with E-state index in [1.54, 1.807) is 12.1 Å². The third kappa shape index (κ3) is 3.65. The lowest BCUT2D eigenvalue weighted by atomic mass is 10.1. The van der Waals surface area contributed by atoms with Crippen molar-refractivity contribution in [3.63, 3.8) is 0 Å². The van der Waals surface area contributed by atoms with Crippen molar-refractivity contribution in [2.45, 2.75) is 19.4 Å². The van der Waals surface area contributed by atoms with Gasteiger partial charge in [-0.2, -0.15) is 0 Å². The topological polar surface area (TPSA) is 80.9 Å². The highest BCUT2D eigenvalue weighted by Crippen LogP contribution is 2.23. The van der Waals surface area contributed by atoms with Gasteiger partial charge >= 0.3 is 5.97 Å². The van der Waals surface area contributed by atoms with E-state index in [1.165, 1.54) is 4.68 Å². The summed E-state index contributed by atoms with van der Waals surface area (Å²) in [7, 11) is 0. The summed E-state index contributed by atoms with van der Waals surface area (Å²) in [6.45, 7) is 0.235. The molecule has 1 aromatic heterocycles. The van der Waals surface area contributed by atoms with Crippen molar-refractivity contribution < 1.29 is 9.90 Å². The summed E-state index contributed by atoms with van der Waals surface area (Å²) < 4.78 is 1.47. The summed E-state index contributed by atoms with van der Waals surface area (Å²) in [5.74, 6) is -0.310. The van der Waals surface area contributed by atoms with Crippen LogP contribution in [0, 0.1) is 0 Å². The van der Waals surface area contributed by atoms with Gasteiger partial charge in [-0.1, -0.05) is 29.3 Å². The molecule has 100 valence electrons. The molecule has 0 saturated carbocycles. The SMILES string of the molecule is O=C(O)CCn1nnnc1Cc1ccc(Cl)c(Cl)c1. The van der Waals surface area contributed by atoms with Gasteiger partial charge in [-0.25, -0.2) is 4.68 Å². The van der Waals surface area contributed by atoms with Crippen LogP contribution in [0.1, 0.15) is 17.8 Å². The molecule has 0 bridgehead atoms. The number of halogens is 2. The Labute approximate surface area is 118 Å². The zero-order valence-electron chi connectivity index (χ0n) is 9.75. The van der Waals surface area contributed by atoms with Crippen molar-refractivity contribution >= 4 is 29.2 Å². The summed E-state index contributed by atoms with van der Waals surface area (Å²) >= 11 is 11.8. The monoisotopic (exact) mass is 300 g/mol. The molecule has 1 heterocycles. The minimum atomic E-state index is -0.893. The van der Waals surface area contributed by atoms with Crippen LogP contribution >= 0.6 is 23.2 Å². The molecule has 0 aliphatic carbocycles. The van der Waals surface area contributed by atoms with Gasteiger partial charge in [-0.05, 0) is 28.1 Å². The predicted molar refractivity (Wildman–Crippen MR) is 69.3 cm³/mol. The number of aryl methyl sites for hydroxylation is 1. The normalized spacial score (nSPS) is 10.6. The van der Waals surface area contributed by atoms with E-state index in [2.05, 4.69) is 15.5 Å². The van der Waals surface area contributed by atoms with Gasteiger partial charge in [0, 0.05) is 6.42 Å². The third-order valence-corrected chi connectivity index (χ3v) is 3.23. The number of aliphatic carboxylic acids is 1. The van der Waals surface area contributed by atoms with Gasteiger partial charge in [0.2, 0.25) is 0 Å². The third-order valence-electron chi connectivity index (χ3n) is 2.49. The second-order valence-corrected chi connectivity index (χ2v) is 4.70. The Morgan fingerprint density at radius 1 is 1.32 bits per heavy atom. The first-order chi connectivity index (χ1) is 9.06. The molecule has 8 heteroatoms. The first-order valence-electron chi connectivity index (χ1n) is 5.47. The van der Waals surface area contributed by atoms with E-state index in [1.807, 2.05) is 6.07 Å². The number of carbonyl (C=O) groups is 1. The lowest BCUT2D eigenvalue weighted by molar-refractivity contribution is -0.137. The van der Waals surface area contributed by atoms with Crippen molar-refractivity contribution in [2.24, 2.45) is 0 Å². The molecule has 0 radical (unpaired) electrons. The van der Waals surface area contributed by atoms with Crippen molar-refractivity contribution in [1.29, 1.82) is 0 Å². The summed E-state index contributed by atoms with van der Waals surface area (Å²) in [6.07, 6.45) is 0.433. The molecule has 0 fully saturated rings. The smallest absolute Gasteiger partial charge is 0.305 e. The fraction of sp³-hybridized carbons (Fsp3) is 0.273. The van der Waals surface area contributed by atoms with Crippen molar-refractivity contribution in [3.8, 4) is 0 Å². The summed E-state index contributed by atoms with van der Waals surface area (Å²) in [5, 5.41) is 20.8. The maximum Gasteiger partial charge on any atom is 0.305 e. The predicted octanol–water partition coefficient (Wildman–Crippen LogP) is 2.05. The number of hydrogen-bond donors (Lipinski definition) is 1. The molecule has 0 spiro atoms. The van der Waals surface area contributed by atoms with Crippen LogP contribution in [0.5, 0.6) is 0 Å². The Bertz CT molecular complexity index is 600. The fourth-order valence-electron chi connectivity index (χ4n) is 1.56. The van der Waals surface area contributed by atoms with Crippen molar-refractivity contribution in [1.82, 2.24) is 20.2 Å². The molecule has 6 nitrogen and oxygen atoms in total. The van der Waals surface area contributed by atoms with Gasteiger partial charge < -0.3 is 5.11 Å². The number of rotatable bonds is 5. The molecule has 1 N–H and O–H groups in total. The standard InChI is InChI=1S/C11H10Cl2N4O2/c12-8-2-1-7(5-9(8)13)6-10-14-15-16-17(10)4-3-11(18)19/h1-2,5H,3-4,6H2,(H,18,19). The van der Waals surface area contributed by atoms with Crippen LogP contribution in [0.4, 0.5) is 0 Å². The van der Waals surface area contributed by atoms with Gasteiger partial charge in [0.15, 0.2) is 5.82 Å². The Hall–Kier alpha value is -1.66. The molecular formula is C11H10Cl2N4O2. The highest BCUT2D eigenvalue weighted by Gasteiger charge is 2.09. The Morgan fingerprint density at radius 2 is 2.11 bits per heavy atom. The molecule has 1 aromatic carbocycles. The van der Waals surface area contributed by atoms with Gasteiger partial charge in [-0.3, -0.25) is 4.79 Å².